The van der Waals surface area contributed by atoms with E-state index in [2.05, 4.69) is 5.32 Å². The first kappa shape index (κ1) is 21.2. The number of rotatable bonds is 9. The lowest BCUT2D eigenvalue weighted by Gasteiger charge is -2.22. The maximum Gasteiger partial charge on any atom is 0.312 e. The highest BCUT2D eigenvalue weighted by molar-refractivity contribution is 7.14. The number of thiophene rings is 1. The zero-order valence-electron chi connectivity index (χ0n) is 16.3. The molecule has 2 rings (SSSR count). The van der Waals surface area contributed by atoms with Crippen molar-refractivity contribution in [2.45, 2.75) is 44.9 Å². The number of likely N-dealkylation sites (N-methyl/N-ethyl adjacent to an activating group) is 2. The molecule has 8 heteroatoms. The Morgan fingerprint density at radius 2 is 1.81 bits per heavy atom. The monoisotopic (exact) mass is 394 g/mol. The van der Waals surface area contributed by atoms with Crippen molar-refractivity contribution in [2.24, 2.45) is 5.73 Å². The molecule has 4 amide bonds. The summed E-state index contributed by atoms with van der Waals surface area (Å²) in [5.74, 6) is 0.0780. The van der Waals surface area contributed by atoms with E-state index in [0.717, 1.165) is 17.7 Å². The normalized spacial score (nSPS) is 13.0. The van der Waals surface area contributed by atoms with Crippen LogP contribution < -0.4 is 11.1 Å². The molecular formula is C19H30N4O3S. The molecule has 1 heterocycles. The molecule has 0 unspecified atom stereocenters. The number of unbranched alkanes of at least 4 members (excludes halogenated alkanes) is 1. The molecule has 1 aromatic heterocycles. The molecule has 1 aliphatic carbocycles. The second kappa shape index (κ2) is 10.3. The molecule has 1 aromatic rings. The topological polar surface area (TPSA) is 95.7 Å². The van der Waals surface area contributed by atoms with E-state index in [0.29, 0.717) is 38.9 Å². The number of nitrogens with two attached hydrogens (primary N) is 1. The molecule has 1 aliphatic rings. The zero-order valence-corrected chi connectivity index (χ0v) is 17.1. The van der Waals surface area contributed by atoms with E-state index < -0.39 is 6.03 Å². The van der Waals surface area contributed by atoms with Crippen LogP contribution in [0.25, 0.3) is 0 Å². The van der Waals surface area contributed by atoms with E-state index in [1.54, 1.807) is 35.2 Å². The average molecular weight is 395 g/mol. The van der Waals surface area contributed by atoms with E-state index in [-0.39, 0.29) is 11.8 Å². The highest BCUT2D eigenvalue weighted by Crippen LogP contribution is 2.30. The molecule has 0 fully saturated rings. The fraction of sp³-hybridized carbons (Fsp3) is 0.632. The number of hydrogen-bond acceptors (Lipinski definition) is 4. The van der Waals surface area contributed by atoms with Gasteiger partial charge in [0, 0.05) is 45.0 Å². The van der Waals surface area contributed by atoms with E-state index in [1.165, 1.54) is 23.3 Å². The Labute approximate surface area is 164 Å². The SMILES string of the molecule is CN(CCN(C)C(=O)c1cc2c(s1)CCCC2)C(=O)CCCCNC(N)=O. The summed E-state index contributed by atoms with van der Waals surface area (Å²) in [6, 6.07) is 1.50. The Morgan fingerprint density at radius 1 is 1.11 bits per heavy atom. The lowest BCUT2D eigenvalue weighted by molar-refractivity contribution is -0.130. The van der Waals surface area contributed by atoms with Gasteiger partial charge in [0.05, 0.1) is 4.88 Å². The van der Waals surface area contributed by atoms with Crippen LogP contribution in [0.15, 0.2) is 6.07 Å². The molecule has 0 bridgehead atoms. The number of primary amides is 1. The van der Waals surface area contributed by atoms with Gasteiger partial charge in [-0.1, -0.05) is 0 Å². The summed E-state index contributed by atoms with van der Waals surface area (Å²) in [5, 5.41) is 2.51. The first-order valence-electron chi connectivity index (χ1n) is 9.52. The van der Waals surface area contributed by atoms with Crippen LogP contribution in [0.2, 0.25) is 0 Å². The van der Waals surface area contributed by atoms with Crippen LogP contribution in [-0.2, 0) is 17.6 Å². The minimum absolute atomic E-state index is 0.0350. The van der Waals surface area contributed by atoms with E-state index >= 15 is 0 Å². The van der Waals surface area contributed by atoms with Crippen molar-refractivity contribution in [3.8, 4) is 0 Å². The third kappa shape index (κ3) is 6.53. The fourth-order valence-corrected chi connectivity index (χ4v) is 4.36. The number of aryl methyl sites for hydroxylation is 2. The van der Waals surface area contributed by atoms with Crippen molar-refractivity contribution in [2.75, 3.05) is 33.7 Å². The van der Waals surface area contributed by atoms with Crippen LogP contribution in [0.4, 0.5) is 4.79 Å². The van der Waals surface area contributed by atoms with Gasteiger partial charge in [0.2, 0.25) is 5.91 Å². The molecule has 0 spiro atoms. The number of urea groups is 1. The van der Waals surface area contributed by atoms with Crippen LogP contribution in [0.5, 0.6) is 0 Å². The molecule has 0 saturated heterocycles. The number of nitrogens with zero attached hydrogens (tertiary/aromatic N) is 2. The Bertz CT molecular complexity index is 650. The molecule has 27 heavy (non-hydrogen) atoms. The van der Waals surface area contributed by atoms with Gasteiger partial charge in [0.1, 0.15) is 0 Å². The van der Waals surface area contributed by atoms with Crippen molar-refractivity contribution >= 4 is 29.2 Å². The lowest BCUT2D eigenvalue weighted by atomic mass is 9.99. The number of hydrogen-bond donors (Lipinski definition) is 2. The molecule has 0 radical (unpaired) electrons. The first-order chi connectivity index (χ1) is 12.9. The van der Waals surface area contributed by atoms with Crippen LogP contribution in [0.3, 0.4) is 0 Å². The first-order valence-corrected chi connectivity index (χ1v) is 10.3. The van der Waals surface area contributed by atoms with Crippen LogP contribution in [0.1, 0.15) is 52.2 Å². The highest BCUT2D eigenvalue weighted by atomic mass is 32.1. The number of nitrogens with one attached hydrogen (secondary N) is 1. The summed E-state index contributed by atoms with van der Waals surface area (Å²) >= 11 is 1.62. The second-order valence-electron chi connectivity index (χ2n) is 7.06. The summed E-state index contributed by atoms with van der Waals surface area (Å²) in [6.45, 7) is 1.49. The summed E-state index contributed by atoms with van der Waals surface area (Å²) in [5.41, 5.74) is 6.32. The Kier molecular flexibility index (Phi) is 8.09. The molecule has 0 atom stereocenters. The van der Waals surface area contributed by atoms with Gasteiger partial charge in [0.15, 0.2) is 0 Å². The molecule has 7 nitrogen and oxygen atoms in total. The van der Waals surface area contributed by atoms with Crippen molar-refractivity contribution < 1.29 is 14.4 Å². The highest BCUT2D eigenvalue weighted by Gasteiger charge is 2.20. The summed E-state index contributed by atoms with van der Waals surface area (Å²) in [4.78, 5) is 40.9. The van der Waals surface area contributed by atoms with Gasteiger partial charge in [0.25, 0.3) is 5.91 Å². The van der Waals surface area contributed by atoms with Gasteiger partial charge < -0.3 is 20.9 Å². The lowest BCUT2D eigenvalue weighted by Crippen LogP contribution is -2.37. The fourth-order valence-electron chi connectivity index (χ4n) is 3.11. The molecule has 150 valence electrons. The van der Waals surface area contributed by atoms with E-state index in [1.807, 2.05) is 6.07 Å². The minimum Gasteiger partial charge on any atom is -0.352 e. The van der Waals surface area contributed by atoms with Crippen molar-refractivity contribution in [3.63, 3.8) is 0 Å². The smallest absolute Gasteiger partial charge is 0.312 e. The zero-order chi connectivity index (χ0) is 19.8. The average Bonchev–Trinajstić information content (AvgIpc) is 3.08. The predicted molar refractivity (Wildman–Crippen MR) is 107 cm³/mol. The number of amides is 4. The second-order valence-corrected chi connectivity index (χ2v) is 8.19. The number of fused-ring (bicyclic) bond motifs is 1. The molecule has 0 aliphatic heterocycles. The van der Waals surface area contributed by atoms with Gasteiger partial charge in [-0.2, -0.15) is 0 Å². The third-order valence-electron chi connectivity index (χ3n) is 4.87. The van der Waals surface area contributed by atoms with E-state index in [4.69, 9.17) is 5.73 Å². The van der Waals surface area contributed by atoms with Gasteiger partial charge in [-0.15, -0.1) is 11.3 Å². The van der Waals surface area contributed by atoms with Crippen LogP contribution in [-0.4, -0.2) is 61.4 Å². The molecular weight excluding hydrogens is 364 g/mol. The molecule has 3 N–H and O–H groups in total. The predicted octanol–water partition coefficient (Wildman–Crippen LogP) is 2.00. The largest absolute Gasteiger partial charge is 0.352 e. The van der Waals surface area contributed by atoms with Crippen molar-refractivity contribution in [1.82, 2.24) is 15.1 Å². The Balaban J connectivity index is 1.71. The molecule has 0 aromatic carbocycles. The van der Waals surface area contributed by atoms with Gasteiger partial charge in [-0.05, 0) is 50.2 Å². The summed E-state index contributed by atoms with van der Waals surface area (Å²) < 4.78 is 0. The minimum atomic E-state index is -0.544. The van der Waals surface area contributed by atoms with Crippen LogP contribution in [0, 0.1) is 0 Å². The standard InChI is InChI=1S/C19H30N4O3S/c1-22(17(24)9-5-6-10-21-19(20)26)11-12-23(2)18(25)16-13-14-7-3-4-8-15(14)27-16/h13H,3-12H2,1-2H3,(H3,20,21,26). The Hall–Kier alpha value is -2.09. The van der Waals surface area contributed by atoms with Crippen molar-refractivity contribution in [1.29, 1.82) is 0 Å². The quantitative estimate of drug-likeness (QED) is 0.627. The summed E-state index contributed by atoms with van der Waals surface area (Å²) in [6.07, 6.45) is 6.41. The van der Waals surface area contributed by atoms with Gasteiger partial charge in [-0.25, -0.2) is 4.79 Å². The van der Waals surface area contributed by atoms with Gasteiger partial charge in [-0.3, -0.25) is 9.59 Å². The molecule has 0 saturated carbocycles. The number of carbonyl (C=O) groups excluding carboxylic acids is 3. The maximum atomic E-state index is 12.6. The van der Waals surface area contributed by atoms with Crippen molar-refractivity contribution in [3.05, 3.63) is 21.4 Å². The summed E-state index contributed by atoms with van der Waals surface area (Å²) in [7, 11) is 3.54. The maximum absolute atomic E-state index is 12.6. The Morgan fingerprint density at radius 3 is 2.52 bits per heavy atom. The van der Waals surface area contributed by atoms with Crippen LogP contribution >= 0.6 is 11.3 Å². The van der Waals surface area contributed by atoms with Gasteiger partial charge >= 0.3 is 6.03 Å². The third-order valence-corrected chi connectivity index (χ3v) is 6.09. The van der Waals surface area contributed by atoms with E-state index in [9.17, 15) is 14.4 Å². The number of carbonyl (C=O) groups is 3.